The molecule has 0 unspecified atom stereocenters. The summed E-state index contributed by atoms with van der Waals surface area (Å²) in [6.07, 6.45) is 1.33. The predicted molar refractivity (Wildman–Crippen MR) is 76.2 cm³/mol. The van der Waals surface area contributed by atoms with Gasteiger partial charge < -0.3 is 4.74 Å². The van der Waals surface area contributed by atoms with Crippen LogP contribution in [0.4, 0.5) is 5.82 Å². The van der Waals surface area contributed by atoms with E-state index in [0.717, 1.165) is 6.42 Å². The summed E-state index contributed by atoms with van der Waals surface area (Å²) in [4.78, 5) is 11.9. The van der Waals surface area contributed by atoms with Crippen molar-refractivity contribution in [3.05, 3.63) is 11.3 Å². The number of hydrogen-bond donors (Lipinski definition) is 1. The van der Waals surface area contributed by atoms with Gasteiger partial charge in [-0.2, -0.15) is 5.10 Å². The first kappa shape index (κ1) is 16.5. The maximum atomic E-state index is 11.9. The lowest BCUT2D eigenvalue weighted by molar-refractivity contribution is 0.0527. The van der Waals surface area contributed by atoms with Gasteiger partial charge in [0.1, 0.15) is 5.56 Å². The zero-order valence-corrected chi connectivity index (χ0v) is 13.1. The van der Waals surface area contributed by atoms with Crippen LogP contribution >= 0.6 is 0 Å². The zero-order chi connectivity index (χ0) is 15.3. The molecule has 0 aliphatic rings. The maximum absolute atomic E-state index is 11.9. The predicted octanol–water partition coefficient (Wildman–Crippen LogP) is 1.45. The Hall–Kier alpha value is -1.57. The standard InChI is InChI=1S/C12H21N3O4S/c1-5-7-8-20(17,18)14-11-10(12(16)19-6-2)9(3)13-15(11)4/h14H,5-8H2,1-4H3. The average Bonchev–Trinajstić information content (AvgIpc) is 2.61. The van der Waals surface area contributed by atoms with Crippen LogP contribution in [0.1, 0.15) is 42.7 Å². The van der Waals surface area contributed by atoms with E-state index in [1.165, 1.54) is 4.68 Å². The third kappa shape index (κ3) is 3.96. The van der Waals surface area contributed by atoms with Gasteiger partial charge in [-0.05, 0) is 20.3 Å². The Morgan fingerprint density at radius 2 is 2.05 bits per heavy atom. The Kier molecular flexibility index (Phi) is 5.55. The monoisotopic (exact) mass is 303 g/mol. The molecule has 0 saturated heterocycles. The van der Waals surface area contributed by atoms with E-state index >= 15 is 0 Å². The minimum absolute atomic E-state index is 0.00991. The van der Waals surface area contributed by atoms with E-state index in [1.807, 2.05) is 6.92 Å². The molecule has 0 spiro atoms. The summed E-state index contributed by atoms with van der Waals surface area (Å²) in [5, 5.41) is 4.07. The molecule has 8 heteroatoms. The van der Waals surface area contributed by atoms with Gasteiger partial charge in [-0.25, -0.2) is 13.2 Å². The number of hydrogen-bond acceptors (Lipinski definition) is 5. The van der Waals surface area contributed by atoms with Gasteiger partial charge in [-0.15, -0.1) is 0 Å². The second-order valence-corrected chi connectivity index (χ2v) is 6.27. The van der Waals surface area contributed by atoms with E-state index in [-0.39, 0.29) is 23.7 Å². The second-order valence-electron chi connectivity index (χ2n) is 4.43. The van der Waals surface area contributed by atoms with Crippen molar-refractivity contribution >= 4 is 21.8 Å². The number of esters is 1. The summed E-state index contributed by atoms with van der Waals surface area (Å²) in [7, 11) is -1.92. The van der Waals surface area contributed by atoms with Crippen molar-refractivity contribution in [2.75, 3.05) is 17.1 Å². The Balaban J connectivity index is 3.09. The first-order valence-corrected chi connectivity index (χ1v) is 8.18. The average molecular weight is 303 g/mol. The molecule has 0 saturated carbocycles. The molecule has 0 radical (unpaired) electrons. The van der Waals surface area contributed by atoms with Gasteiger partial charge in [0.05, 0.1) is 18.1 Å². The highest BCUT2D eigenvalue weighted by molar-refractivity contribution is 7.92. The van der Waals surface area contributed by atoms with Crippen molar-refractivity contribution in [1.82, 2.24) is 9.78 Å². The van der Waals surface area contributed by atoms with Crippen LogP contribution in [0.15, 0.2) is 0 Å². The Morgan fingerprint density at radius 3 is 2.60 bits per heavy atom. The van der Waals surface area contributed by atoms with Crippen LogP contribution in [0.5, 0.6) is 0 Å². The first-order chi connectivity index (χ1) is 9.32. The van der Waals surface area contributed by atoms with Crippen LogP contribution in [0.2, 0.25) is 0 Å². The van der Waals surface area contributed by atoms with Crippen molar-refractivity contribution in [2.45, 2.75) is 33.6 Å². The molecule has 0 bridgehead atoms. The molecule has 1 heterocycles. The Bertz CT molecular complexity index is 578. The van der Waals surface area contributed by atoms with Crippen molar-refractivity contribution in [2.24, 2.45) is 7.05 Å². The van der Waals surface area contributed by atoms with Crippen molar-refractivity contribution in [3.63, 3.8) is 0 Å². The summed E-state index contributed by atoms with van der Waals surface area (Å²) < 4.78 is 32.6. The highest BCUT2D eigenvalue weighted by Gasteiger charge is 2.24. The van der Waals surface area contributed by atoms with E-state index in [1.54, 1.807) is 20.9 Å². The van der Waals surface area contributed by atoms with Gasteiger partial charge in [-0.1, -0.05) is 13.3 Å². The van der Waals surface area contributed by atoms with Gasteiger partial charge >= 0.3 is 5.97 Å². The number of aryl methyl sites for hydroxylation is 2. The number of anilines is 1. The molecular weight excluding hydrogens is 282 g/mol. The number of unbranched alkanes of at least 4 members (excludes halogenated alkanes) is 1. The van der Waals surface area contributed by atoms with Crippen molar-refractivity contribution in [3.8, 4) is 0 Å². The van der Waals surface area contributed by atoms with E-state index in [4.69, 9.17) is 4.74 Å². The fraction of sp³-hybridized carbons (Fsp3) is 0.667. The van der Waals surface area contributed by atoms with Crippen LogP contribution in [0, 0.1) is 6.92 Å². The number of sulfonamides is 1. The molecule has 1 N–H and O–H groups in total. The zero-order valence-electron chi connectivity index (χ0n) is 12.3. The van der Waals surface area contributed by atoms with Gasteiger partial charge in [0.25, 0.3) is 0 Å². The van der Waals surface area contributed by atoms with Crippen LogP contribution < -0.4 is 4.72 Å². The number of ether oxygens (including phenoxy) is 1. The van der Waals surface area contributed by atoms with Gasteiger partial charge in [-0.3, -0.25) is 9.40 Å². The number of carbonyl (C=O) groups is 1. The van der Waals surface area contributed by atoms with E-state index < -0.39 is 16.0 Å². The molecule has 7 nitrogen and oxygen atoms in total. The van der Waals surface area contributed by atoms with Crippen molar-refractivity contribution in [1.29, 1.82) is 0 Å². The lowest BCUT2D eigenvalue weighted by Gasteiger charge is -2.10. The summed E-state index contributed by atoms with van der Waals surface area (Å²) in [6, 6.07) is 0. The molecule has 1 aromatic rings. The molecule has 0 aliphatic carbocycles. The Labute approximate surface area is 119 Å². The summed E-state index contributed by atoms with van der Waals surface area (Å²) in [5.41, 5.74) is 0.591. The third-order valence-electron chi connectivity index (χ3n) is 2.72. The topological polar surface area (TPSA) is 90.3 Å². The van der Waals surface area contributed by atoms with Crippen LogP contribution in [-0.4, -0.2) is 36.5 Å². The molecule has 0 fully saturated rings. The van der Waals surface area contributed by atoms with Crippen molar-refractivity contribution < 1.29 is 17.9 Å². The van der Waals surface area contributed by atoms with E-state index in [0.29, 0.717) is 12.1 Å². The maximum Gasteiger partial charge on any atom is 0.343 e. The van der Waals surface area contributed by atoms with Crippen LogP contribution in [0.3, 0.4) is 0 Å². The summed E-state index contributed by atoms with van der Waals surface area (Å²) >= 11 is 0. The van der Waals surface area contributed by atoms with E-state index in [9.17, 15) is 13.2 Å². The lowest BCUT2D eigenvalue weighted by atomic mass is 10.2. The molecule has 0 aliphatic heterocycles. The number of aromatic nitrogens is 2. The molecule has 0 amide bonds. The molecule has 20 heavy (non-hydrogen) atoms. The van der Waals surface area contributed by atoms with Gasteiger partial charge in [0.15, 0.2) is 5.82 Å². The number of rotatable bonds is 7. The normalized spacial score (nSPS) is 11.4. The molecule has 0 atom stereocenters. The lowest BCUT2D eigenvalue weighted by Crippen LogP contribution is -2.20. The SMILES string of the molecule is CCCCS(=O)(=O)Nc1c(C(=O)OCC)c(C)nn1C. The summed E-state index contributed by atoms with van der Waals surface area (Å²) in [5.74, 6) is -0.418. The smallest absolute Gasteiger partial charge is 0.343 e. The molecule has 114 valence electrons. The highest BCUT2D eigenvalue weighted by atomic mass is 32.2. The van der Waals surface area contributed by atoms with Crippen LogP contribution in [0.25, 0.3) is 0 Å². The summed E-state index contributed by atoms with van der Waals surface area (Å²) in [6.45, 7) is 5.45. The molecule has 1 aromatic heterocycles. The fourth-order valence-corrected chi connectivity index (χ4v) is 3.06. The number of nitrogens with zero attached hydrogens (tertiary/aromatic N) is 2. The minimum atomic E-state index is -3.50. The first-order valence-electron chi connectivity index (χ1n) is 6.53. The molecule has 1 rings (SSSR count). The second kappa shape index (κ2) is 6.74. The third-order valence-corrected chi connectivity index (χ3v) is 4.05. The minimum Gasteiger partial charge on any atom is -0.462 e. The van der Waals surface area contributed by atoms with Gasteiger partial charge in [0, 0.05) is 7.05 Å². The number of carbonyl (C=O) groups excluding carboxylic acids is 1. The van der Waals surface area contributed by atoms with E-state index in [2.05, 4.69) is 9.82 Å². The highest BCUT2D eigenvalue weighted by Crippen LogP contribution is 2.21. The van der Waals surface area contributed by atoms with Crippen LogP contribution in [-0.2, 0) is 21.8 Å². The quantitative estimate of drug-likeness (QED) is 0.770. The Morgan fingerprint density at radius 1 is 1.40 bits per heavy atom. The molecular formula is C12H21N3O4S. The largest absolute Gasteiger partial charge is 0.462 e. The molecule has 0 aromatic carbocycles. The van der Waals surface area contributed by atoms with Gasteiger partial charge in [0.2, 0.25) is 10.0 Å². The number of nitrogens with one attached hydrogen (secondary N) is 1. The fourth-order valence-electron chi connectivity index (χ4n) is 1.76.